The minimum Gasteiger partial charge on any atom is -0.781 e. The van der Waals surface area contributed by atoms with Crippen molar-refractivity contribution in [1.82, 2.24) is 0 Å². The first-order valence-electron chi connectivity index (χ1n) is 3.58. The fourth-order valence-corrected chi connectivity index (χ4v) is 1.22. The first-order valence-corrected chi connectivity index (χ1v) is 8.48. The maximum absolute atomic E-state index is 9.29. The molecule has 0 spiro atoms. The van der Waals surface area contributed by atoms with Gasteiger partial charge in [-0.15, -0.1) is 6.58 Å². The van der Waals surface area contributed by atoms with Crippen molar-refractivity contribution in [3.8, 4) is 0 Å². The van der Waals surface area contributed by atoms with Gasteiger partial charge in [-0.05, 0) is 0 Å². The molecule has 4 atom stereocenters. The van der Waals surface area contributed by atoms with Crippen molar-refractivity contribution >= 4 is 33.0 Å². The first-order chi connectivity index (χ1) is 8.17. The summed E-state index contributed by atoms with van der Waals surface area (Å²) in [6, 6.07) is 0. The van der Waals surface area contributed by atoms with E-state index < -0.39 is 33.0 Å². The molecular weight excluding hydrogens is 428 g/mol. The zero-order valence-corrected chi connectivity index (χ0v) is 24.5. The van der Waals surface area contributed by atoms with Crippen LogP contribution in [0.2, 0.25) is 0 Å². The van der Waals surface area contributed by atoms with Crippen molar-refractivity contribution in [3.63, 3.8) is 0 Å². The van der Waals surface area contributed by atoms with Crippen molar-refractivity contribution in [2.24, 2.45) is 0 Å². The predicted molar refractivity (Wildman–Crippen MR) is 55.5 cm³/mol. The smallest absolute Gasteiger partial charge is 0.781 e. The van der Waals surface area contributed by atoms with Crippen LogP contribution in [0.15, 0.2) is 12.7 Å². The minimum atomic E-state index is -3.51. The van der Waals surface area contributed by atoms with E-state index in [1.54, 1.807) is 0 Å². The maximum atomic E-state index is 9.29. The number of hydrogen-bond acceptors (Lipinski definition) is 11. The standard InChI is InChI=1S/C3H6O.4Na.2H4O5P2/c1-2-3-4;;;;;2*1-6(2)5-7(3)4/h2,4H,1,3H2;;;;;2*6-7H,(H,1,2)(H,3,4)/q;4*+1;;/p-4. The van der Waals surface area contributed by atoms with Crippen molar-refractivity contribution < 1.29 is 170 Å². The average molecular weight is 438 g/mol. The summed E-state index contributed by atoms with van der Waals surface area (Å²) < 4.78 is 43.6. The van der Waals surface area contributed by atoms with E-state index in [2.05, 4.69) is 15.2 Å². The second-order valence-electron chi connectivity index (χ2n) is 1.68. The average Bonchev–Trinajstić information content (AvgIpc) is 2.14. The summed E-state index contributed by atoms with van der Waals surface area (Å²) in [5, 5.41) is 7.76. The largest absolute Gasteiger partial charge is 1.00 e. The van der Waals surface area contributed by atoms with Gasteiger partial charge in [-0.25, -0.2) is 0 Å². The van der Waals surface area contributed by atoms with E-state index in [0.717, 1.165) is 0 Å². The fraction of sp³-hybridized carbons (Fsp3) is 0.333. The van der Waals surface area contributed by atoms with Gasteiger partial charge in [0, 0.05) is 0 Å². The molecule has 0 aromatic carbocycles. The molecule has 0 aromatic rings. The summed E-state index contributed by atoms with van der Waals surface area (Å²) >= 11 is 0. The number of aliphatic hydroxyl groups is 1. The van der Waals surface area contributed by atoms with E-state index in [1.807, 2.05) is 0 Å². The van der Waals surface area contributed by atoms with Crippen LogP contribution < -0.4 is 138 Å². The molecule has 4 unspecified atom stereocenters. The van der Waals surface area contributed by atoms with Crippen molar-refractivity contribution in [1.29, 1.82) is 0 Å². The Morgan fingerprint density at radius 2 is 0.909 bits per heavy atom. The van der Waals surface area contributed by atoms with Crippen LogP contribution in [0.5, 0.6) is 0 Å². The van der Waals surface area contributed by atoms with Crippen LogP contribution in [0.25, 0.3) is 0 Å². The van der Waals surface area contributed by atoms with Gasteiger partial charge in [0.2, 0.25) is 0 Å². The van der Waals surface area contributed by atoms with Crippen molar-refractivity contribution in [2.75, 3.05) is 6.61 Å². The Hall–Kier alpha value is 4.38. The molecule has 0 aliphatic rings. The molecule has 0 rings (SSSR count). The molecule has 1 N–H and O–H groups in total. The number of rotatable bonds is 5. The molecule has 0 heterocycles. The van der Waals surface area contributed by atoms with Gasteiger partial charge in [-0.2, -0.15) is 0 Å². The van der Waals surface area contributed by atoms with Gasteiger partial charge in [0.15, 0.2) is 0 Å². The van der Waals surface area contributed by atoms with Crippen LogP contribution >= 0.6 is 33.0 Å². The van der Waals surface area contributed by atoms with E-state index in [-0.39, 0.29) is 125 Å². The van der Waals surface area contributed by atoms with Crippen LogP contribution in [0.3, 0.4) is 0 Å². The normalized spacial score (nSPS) is 13.0. The third kappa shape index (κ3) is 74.4. The molecule has 0 aromatic heterocycles. The van der Waals surface area contributed by atoms with Crippen LogP contribution in [-0.2, 0) is 26.9 Å². The summed E-state index contributed by atoms with van der Waals surface area (Å²) in [5.74, 6) is 0. The Labute approximate surface area is 218 Å². The summed E-state index contributed by atoms with van der Waals surface area (Å²) in [5.41, 5.74) is 0. The molecule has 11 nitrogen and oxygen atoms in total. The summed E-state index contributed by atoms with van der Waals surface area (Å²) in [6.45, 7) is 3.31. The van der Waals surface area contributed by atoms with Crippen molar-refractivity contribution in [3.05, 3.63) is 12.7 Å². The van der Waals surface area contributed by atoms with Gasteiger partial charge in [0.1, 0.15) is 33.0 Å². The first kappa shape index (κ1) is 45.2. The number of aliphatic hydroxyl groups excluding tert-OH is 1. The van der Waals surface area contributed by atoms with Gasteiger partial charge in [-0.3, -0.25) is 8.62 Å². The minimum absolute atomic E-state index is 0. The molecule has 22 heavy (non-hydrogen) atoms. The predicted octanol–water partition coefficient (Wildman–Crippen LogP) is -14.8. The second kappa shape index (κ2) is 36.3. The molecule has 112 valence electrons. The molecule has 0 aliphatic carbocycles. The second-order valence-corrected chi connectivity index (χ2v) is 5.31. The molecule has 0 amide bonds. The third-order valence-electron chi connectivity index (χ3n) is 0.462. The van der Waals surface area contributed by atoms with Crippen molar-refractivity contribution in [2.45, 2.75) is 0 Å². The molecule has 0 radical (unpaired) electrons. The van der Waals surface area contributed by atoms with E-state index >= 15 is 0 Å². The van der Waals surface area contributed by atoms with Gasteiger partial charge in [0.05, 0.1) is 6.61 Å². The molecule has 0 bridgehead atoms. The molecule has 0 saturated carbocycles. The van der Waals surface area contributed by atoms with Crippen LogP contribution in [0, 0.1) is 0 Å². The topological polar surface area (TPSA) is 199 Å². The Morgan fingerprint density at radius 3 is 0.909 bits per heavy atom. The van der Waals surface area contributed by atoms with E-state index in [9.17, 15) is 37.8 Å². The molecule has 0 fully saturated rings. The fourth-order valence-electron chi connectivity index (χ4n) is 0.136. The summed E-state index contributed by atoms with van der Waals surface area (Å²) in [7, 11) is -14.1. The van der Waals surface area contributed by atoms with Gasteiger partial charge < -0.3 is 42.9 Å². The van der Waals surface area contributed by atoms with Gasteiger partial charge in [0.25, 0.3) is 0 Å². The van der Waals surface area contributed by atoms with E-state index in [4.69, 9.17) is 5.11 Å². The molecule has 0 saturated heterocycles. The Bertz CT molecular complexity index is 266. The molecule has 0 aliphatic heterocycles. The maximum Gasteiger partial charge on any atom is 1.00 e. The molecular formula is C3H10Na4O11P4. The van der Waals surface area contributed by atoms with Crippen LogP contribution in [0.4, 0.5) is 0 Å². The Balaban J connectivity index is -0.0000000290. The SMILES string of the molecule is C=CCO.O=[PH]([O-])O[PH](=O)[O-].O=[PH]([O-])O[PH](=O)[O-].[Na+].[Na+].[Na+].[Na+]. The number of hydrogen-bond donors (Lipinski definition) is 1. The zero-order chi connectivity index (χ0) is 15.1. The zero-order valence-electron chi connectivity index (χ0n) is 12.5. The van der Waals surface area contributed by atoms with Gasteiger partial charge >= 0.3 is 118 Å². The summed E-state index contributed by atoms with van der Waals surface area (Å²) in [6.07, 6.45) is 1.43. The monoisotopic (exact) mass is 438 g/mol. The van der Waals surface area contributed by atoms with E-state index in [0.29, 0.717) is 0 Å². The quantitative estimate of drug-likeness (QED) is 0.243. The van der Waals surface area contributed by atoms with Gasteiger partial charge in [-0.1, -0.05) is 6.08 Å². The van der Waals surface area contributed by atoms with E-state index in [1.165, 1.54) is 6.08 Å². The molecule has 19 heteroatoms. The Morgan fingerprint density at radius 1 is 0.773 bits per heavy atom. The summed E-state index contributed by atoms with van der Waals surface area (Å²) in [4.78, 5) is 37.1. The third-order valence-corrected chi connectivity index (χ3v) is 3.13. The Kier molecular flexibility index (Phi) is 74.7. The van der Waals surface area contributed by atoms with Crippen LogP contribution in [-0.4, -0.2) is 11.7 Å². The van der Waals surface area contributed by atoms with Crippen LogP contribution in [0.1, 0.15) is 0 Å².